The Labute approximate surface area is 173 Å². The first-order valence-electron chi connectivity index (χ1n) is 9.62. The minimum atomic E-state index is -0.314. The van der Waals surface area contributed by atoms with Crippen molar-refractivity contribution in [2.45, 2.75) is 32.0 Å². The molecule has 0 radical (unpaired) electrons. The molecular formula is C21H22FN5O3. The quantitative estimate of drug-likeness (QED) is 0.567. The van der Waals surface area contributed by atoms with E-state index in [-0.39, 0.29) is 30.9 Å². The van der Waals surface area contributed by atoms with Crippen LogP contribution in [0.4, 0.5) is 4.39 Å². The third-order valence-corrected chi connectivity index (χ3v) is 4.98. The Hall–Kier alpha value is -3.49. The molecule has 0 N–H and O–H groups in total. The number of tetrazole rings is 1. The van der Waals surface area contributed by atoms with Crippen molar-refractivity contribution in [3.8, 4) is 22.9 Å². The first-order valence-corrected chi connectivity index (χ1v) is 9.62. The Morgan fingerprint density at radius 1 is 1.17 bits per heavy atom. The summed E-state index contributed by atoms with van der Waals surface area (Å²) in [7, 11) is 3.11. The van der Waals surface area contributed by atoms with Gasteiger partial charge in [0.2, 0.25) is 11.7 Å². The van der Waals surface area contributed by atoms with E-state index in [1.54, 1.807) is 55.5 Å². The van der Waals surface area contributed by atoms with Gasteiger partial charge in [-0.15, -0.1) is 10.2 Å². The molecule has 1 amide bonds. The predicted octanol–water partition coefficient (Wildman–Crippen LogP) is 2.69. The van der Waals surface area contributed by atoms with Crippen molar-refractivity contribution in [2.75, 3.05) is 14.2 Å². The third kappa shape index (κ3) is 4.24. The van der Waals surface area contributed by atoms with E-state index >= 15 is 0 Å². The first-order chi connectivity index (χ1) is 14.6. The van der Waals surface area contributed by atoms with E-state index in [9.17, 15) is 9.18 Å². The van der Waals surface area contributed by atoms with Crippen LogP contribution in [-0.2, 0) is 17.9 Å². The van der Waals surface area contributed by atoms with Crippen molar-refractivity contribution in [1.29, 1.82) is 0 Å². The fraction of sp³-hybridized carbons (Fsp3) is 0.333. The second-order valence-electron chi connectivity index (χ2n) is 7.06. The van der Waals surface area contributed by atoms with E-state index in [0.717, 1.165) is 12.8 Å². The van der Waals surface area contributed by atoms with E-state index in [4.69, 9.17) is 9.47 Å². The molecule has 1 aliphatic rings. The minimum Gasteiger partial charge on any atom is -0.493 e. The number of hydrogen-bond donors (Lipinski definition) is 0. The number of hydrogen-bond acceptors (Lipinski definition) is 6. The normalized spacial score (nSPS) is 13.2. The molecule has 0 atom stereocenters. The van der Waals surface area contributed by atoms with Gasteiger partial charge in [0.1, 0.15) is 12.4 Å². The Bertz CT molecular complexity index is 1050. The maximum Gasteiger partial charge on any atom is 0.246 e. The van der Waals surface area contributed by atoms with E-state index in [0.29, 0.717) is 28.5 Å². The number of aromatic nitrogens is 4. The molecule has 156 valence electrons. The highest BCUT2D eigenvalue weighted by atomic mass is 19.1. The molecule has 1 heterocycles. The van der Waals surface area contributed by atoms with Gasteiger partial charge in [0.25, 0.3) is 0 Å². The van der Waals surface area contributed by atoms with Gasteiger partial charge in [-0.25, -0.2) is 4.39 Å². The molecule has 0 saturated heterocycles. The summed E-state index contributed by atoms with van der Waals surface area (Å²) in [5.74, 6) is 1.03. The van der Waals surface area contributed by atoms with Gasteiger partial charge < -0.3 is 14.4 Å². The second kappa shape index (κ2) is 8.48. The fourth-order valence-electron chi connectivity index (χ4n) is 3.23. The van der Waals surface area contributed by atoms with Crippen molar-refractivity contribution in [3.63, 3.8) is 0 Å². The molecule has 8 nitrogen and oxygen atoms in total. The molecule has 1 fully saturated rings. The monoisotopic (exact) mass is 411 g/mol. The van der Waals surface area contributed by atoms with E-state index in [1.807, 2.05) is 0 Å². The molecule has 0 aliphatic heterocycles. The zero-order valence-corrected chi connectivity index (χ0v) is 16.8. The van der Waals surface area contributed by atoms with Crippen LogP contribution in [0.2, 0.25) is 0 Å². The number of methoxy groups -OCH3 is 2. The van der Waals surface area contributed by atoms with Crippen LogP contribution in [0.3, 0.4) is 0 Å². The summed E-state index contributed by atoms with van der Waals surface area (Å²) in [4.78, 5) is 15.8. The van der Waals surface area contributed by atoms with E-state index in [1.165, 1.54) is 10.9 Å². The maximum atomic E-state index is 14.0. The SMILES string of the molecule is COc1ccc(-c2nnn(CC(=O)N(Cc3ccccc3F)C3CC3)n2)cc1OC. The van der Waals surface area contributed by atoms with E-state index in [2.05, 4.69) is 15.4 Å². The van der Waals surface area contributed by atoms with Crippen molar-refractivity contribution >= 4 is 5.91 Å². The summed E-state index contributed by atoms with van der Waals surface area (Å²) >= 11 is 0. The Kier molecular flexibility index (Phi) is 5.60. The number of amides is 1. The number of nitrogens with zero attached hydrogens (tertiary/aromatic N) is 5. The number of halogens is 1. The van der Waals surface area contributed by atoms with Gasteiger partial charge in [0, 0.05) is 23.7 Å². The summed E-state index contributed by atoms with van der Waals surface area (Å²) in [6.45, 7) is 0.165. The average molecular weight is 411 g/mol. The molecule has 30 heavy (non-hydrogen) atoms. The summed E-state index contributed by atoms with van der Waals surface area (Å²) < 4.78 is 24.6. The van der Waals surface area contributed by atoms with Crippen LogP contribution in [0.15, 0.2) is 42.5 Å². The Morgan fingerprint density at radius 2 is 1.93 bits per heavy atom. The largest absolute Gasteiger partial charge is 0.493 e. The van der Waals surface area contributed by atoms with Crippen LogP contribution < -0.4 is 9.47 Å². The van der Waals surface area contributed by atoms with Crippen LogP contribution in [0.1, 0.15) is 18.4 Å². The van der Waals surface area contributed by atoms with Crippen LogP contribution in [-0.4, -0.2) is 51.3 Å². The van der Waals surface area contributed by atoms with Gasteiger partial charge in [0.05, 0.1) is 14.2 Å². The molecule has 1 aliphatic carbocycles. The molecule has 0 spiro atoms. The lowest BCUT2D eigenvalue weighted by molar-refractivity contribution is -0.133. The average Bonchev–Trinajstić information content (AvgIpc) is 3.50. The van der Waals surface area contributed by atoms with Crippen LogP contribution >= 0.6 is 0 Å². The lowest BCUT2D eigenvalue weighted by Crippen LogP contribution is -2.36. The fourth-order valence-corrected chi connectivity index (χ4v) is 3.23. The smallest absolute Gasteiger partial charge is 0.246 e. The van der Waals surface area contributed by atoms with Crippen LogP contribution in [0.5, 0.6) is 11.5 Å². The summed E-state index contributed by atoms with van der Waals surface area (Å²) in [5.41, 5.74) is 1.19. The highest BCUT2D eigenvalue weighted by molar-refractivity contribution is 5.76. The topological polar surface area (TPSA) is 82.4 Å². The number of carbonyl (C=O) groups excluding carboxylic acids is 1. The van der Waals surface area contributed by atoms with Crippen molar-refractivity contribution < 1.29 is 18.7 Å². The summed E-state index contributed by atoms with van der Waals surface area (Å²) in [5, 5.41) is 12.4. The van der Waals surface area contributed by atoms with Crippen LogP contribution in [0.25, 0.3) is 11.4 Å². The Morgan fingerprint density at radius 3 is 2.63 bits per heavy atom. The van der Waals surface area contributed by atoms with Gasteiger partial charge in [-0.3, -0.25) is 4.79 Å². The third-order valence-electron chi connectivity index (χ3n) is 4.98. The Balaban J connectivity index is 1.48. The van der Waals surface area contributed by atoms with Crippen molar-refractivity contribution in [3.05, 3.63) is 53.8 Å². The standard InChI is InChI=1S/C21H22FN5O3/c1-29-18-10-7-14(11-19(18)30-2)21-23-25-27(24-21)13-20(28)26(16-8-9-16)12-15-5-3-4-6-17(15)22/h3-7,10-11,16H,8-9,12-13H2,1-2H3. The number of carbonyl (C=O) groups is 1. The summed E-state index contributed by atoms with van der Waals surface area (Å²) in [6.07, 6.45) is 1.84. The van der Waals surface area contributed by atoms with E-state index < -0.39 is 0 Å². The number of benzene rings is 2. The van der Waals surface area contributed by atoms with Gasteiger partial charge in [0.15, 0.2) is 11.5 Å². The predicted molar refractivity (Wildman–Crippen MR) is 106 cm³/mol. The molecule has 4 rings (SSSR count). The molecule has 1 aromatic heterocycles. The highest BCUT2D eigenvalue weighted by Crippen LogP contribution is 2.31. The molecule has 1 saturated carbocycles. The molecule has 0 bridgehead atoms. The lowest BCUT2D eigenvalue weighted by atomic mass is 10.2. The molecular weight excluding hydrogens is 389 g/mol. The maximum absolute atomic E-state index is 14.0. The summed E-state index contributed by atoms with van der Waals surface area (Å²) in [6, 6.07) is 11.9. The number of ether oxygens (including phenoxy) is 2. The molecule has 2 aromatic carbocycles. The van der Waals surface area contributed by atoms with Crippen LogP contribution in [0, 0.1) is 5.82 Å². The zero-order chi connectivity index (χ0) is 21.1. The second-order valence-corrected chi connectivity index (χ2v) is 7.06. The van der Waals surface area contributed by atoms with Gasteiger partial charge >= 0.3 is 0 Å². The van der Waals surface area contributed by atoms with Gasteiger partial charge in [-0.05, 0) is 42.3 Å². The molecule has 0 unspecified atom stereocenters. The van der Waals surface area contributed by atoms with Gasteiger partial charge in [-0.2, -0.15) is 4.80 Å². The number of rotatable bonds is 8. The van der Waals surface area contributed by atoms with Crippen molar-refractivity contribution in [2.24, 2.45) is 0 Å². The highest BCUT2D eigenvalue weighted by Gasteiger charge is 2.33. The zero-order valence-electron chi connectivity index (χ0n) is 16.8. The molecule has 9 heteroatoms. The van der Waals surface area contributed by atoms with Gasteiger partial charge in [-0.1, -0.05) is 18.2 Å². The molecule has 3 aromatic rings. The first kappa shape index (κ1) is 19.8. The minimum absolute atomic E-state index is 0.0642. The lowest BCUT2D eigenvalue weighted by Gasteiger charge is -2.22. The van der Waals surface area contributed by atoms with Crippen molar-refractivity contribution in [1.82, 2.24) is 25.1 Å².